The minimum atomic E-state index is -3.55. The van der Waals surface area contributed by atoms with E-state index < -0.39 is 16.1 Å². The molecule has 0 bridgehead atoms. The van der Waals surface area contributed by atoms with Crippen LogP contribution in [0.5, 0.6) is 5.75 Å². The second kappa shape index (κ2) is 10.1. The largest absolute Gasteiger partial charge is 0.491 e. The van der Waals surface area contributed by atoms with Crippen LogP contribution < -0.4 is 4.74 Å². The number of hydrogen-bond acceptors (Lipinski definition) is 6. The Morgan fingerprint density at radius 3 is 2.12 bits per heavy atom. The first-order valence-corrected chi connectivity index (χ1v) is 12.2. The van der Waals surface area contributed by atoms with E-state index in [1.54, 1.807) is 24.3 Å². The minimum Gasteiger partial charge on any atom is -0.491 e. The van der Waals surface area contributed by atoms with E-state index in [-0.39, 0.29) is 12.4 Å². The van der Waals surface area contributed by atoms with Crippen molar-refractivity contribution in [2.75, 3.05) is 39.3 Å². The fraction of sp³-hybridized carbons (Fsp3) is 0.458. The van der Waals surface area contributed by atoms with Crippen molar-refractivity contribution in [3.63, 3.8) is 0 Å². The number of piperazine rings is 1. The first-order valence-electron chi connectivity index (χ1n) is 10.8. The normalized spacial score (nSPS) is 16.7. The highest BCUT2D eigenvalue weighted by Crippen LogP contribution is 2.26. The molecule has 1 N–H and O–H groups in total. The highest BCUT2D eigenvalue weighted by Gasteiger charge is 2.31. The van der Waals surface area contributed by atoms with Crippen LogP contribution in [0.3, 0.4) is 0 Å². The second-order valence-corrected chi connectivity index (χ2v) is 10.4. The number of hydrogen-bond donors (Lipinski definition) is 1. The van der Waals surface area contributed by atoms with Crippen LogP contribution in [0.2, 0.25) is 0 Å². The predicted molar refractivity (Wildman–Crippen MR) is 124 cm³/mol. The molecule has 2 aromatic carbocycles. The molecular weight excluding hydrogens is 428 g/mol. The molecular formula is C24H32N2O5S. The fourth-order valence-electron chi connectivity index (χ4n) is 4.18. The molecule has 8 heteroatoms. The molecule has 1 atom stereocenters. The standard InChI is InChI=1S/C24H32N2O5S/c1-17-13-18(2)24(19(3)14-17)32(29,30)26-11-9-25(10-12-26)15-22(28)16-31-23-7-5-21(6-8-23)20(4)27/h5-8,13-14,22,28H,9-12,15-16H2,1-4H3/t22-/m0/s1. The highest BCUT2D eigenvalue weighted by molar-refractivity contribution is 7.89. The summed E-state index contributed by atoms with van der Waals surface area (Å²) in [7, 11) is -3.55. The molecule has 3 rings (SSSR count). The molecule has 0 spiro atoms. The van der Waals surface area contributed by atoms with E-state index in [4.69, 9.17) is 4.74 Å². The number of ether oxygens (including phenoxy) is 1. The van der Waals surface area contributed by atoms with Crippen LogP contribution >= 0.6 is 0 Å². The molecule has 1 heterocycles. The van der Waals surface area contributed by atoms with Crippen molar-refractivity contribution in [1.29, 1.82) is 0 Å². The molecule has 1 aliphatic heterocycles. The number of ketones is 1. The van der Waals surface area contributed by atoms with Gasteiger partial charge >= 0.3 is 0 Å². The number of β-amino-alcohol motifs (C(OH)–C–C–N with tert-alkyl or cyclic N) is 1. The number of benzene rings is 2. The molecule has 2 aromatic rings. The van der Waals surface area contributed by atoms with E-state index in [0.29, 0.717) is 48.9 Å². The lowest BCUT2D eigenvalue weighted by molar-refractivity contribution is 0.0569. The lowest BCUT2D eigenvalue weighted by Crippen LogP contribution is -2.51. The van der Waals surface area contributed by atoms with Gasteiger partial charge in [0.15, 0.2) is 5.78 Å². The van der Waals surface area contributed by atoms with E-state index >= 15 is 0 Å². The summed E-state index contributed by atoms with van der Waals surface area (Å²) in [6.45, 7) is 9.55. The van der Waals surface area contributed by atoms with Crippen molar-refractivity contribution in [2.45, 2.75) is 38.7 Å². The maximum absolute atomic E-state index is 13.2. The number of aliphatic hydroxyl groups is 1. The number of carbonyl (C=O) groups excluding carboxylic acids is 1. The molecule has 1 saturated heterocycles. The Morgan fingerprint density at radius 2 is 1.59 bits per heavy atom. The number of rotatable bonds is 8. The van der Waals surface area contributed by atoms with Crippen LogP contribution in [0.4, 0.5) is 0 Å². The topological polar surface area (TPSA) is 87.2 Å². The number of aryl methyl sites for hydroxylation is 3. The average molecular weight is 461 g/mol. The number of nitrogens with zero attached hydrogens (tertiary/aromatic N) is 2. The van der Waals surface area contributed by atoms with Crippen LogP contribution in [-0.2, 0) is 10.0 Å². The van der Waals surface area contributed by atoms with Crippen LogP contribution in [-0.4, -0.2) is 73.9 Å². The van der Waals surface area contributed by atoms with Gasteiger partial charge in [0.05, 0.1) is 4.90 Å². The van der Waals surface area contributed by atoms with Crippen molar-refractivity contribution < 1.29 is 23.1 Å². The quantitative estimate of drug-likeness (QED) is 0.610. The number of carbonyl (C=O) groups is 1. The molecule has 174 valence electrons. The molecule has 32 heavy (non-hydrogen) atoms. The zero-order valence-electron chi connectivity index (χ0n) is 19.2. The van der Waals surface area contributed by atoms with Gasteiger partial charge in [-0.15, -0.1) is 0 Å². The van der Waals surface area contributed by atoms with Gasteiger partial charge in [0, 0.05) is 38.3 Å². The summed E-state index contributed by atoms with van der Waals surface area (Å²) in [6.07, 6.45) is -0.702. The molecule has 0 unspecified atom stereocenters. The minimum absolute atomic E-state index is 0.00885. The van der Waals surface area contributed by atoms with Gasteiger partial charge in [-0.2, -0.15) is 4.31 Å². The number of aliphatic hydroxyl groups excluding tert-OH is 1. The van der Waals surface area contributed by atoms with Crippen LogP contribution in [0.15, 0.2) is 41.3 Å². The lowest BCUT2D eigenvalue weighted by atomic mass is 10.1. The summed E-state index contributed by atoms with van der Waals surface area (Å²) in [5, 5.41) is 10.4. The van der Waals surface area contributed by atoms with Gasteiger partial charge in [0.2, 0.25) is 10.0 Å². The number of sulfonamides is 1. The first kappa shape index (κ1) is 24.4. The Bertz CT molecular complexity index is 1040. The summed E-state index contributed by atoms with van der Waals surface area (Å²) in [4.78, 5) is 13.8. The Hall–Kier alpha value is -2.26. The highest BCUT2D eigenvalue weighted by atomic mass is 32.2. The fourth-order valence-corrected chi connectivity index (χ4v) is 6.02. The zero-order valence-corrected chi connectivity index (χ0v) is 20.0. The van der Waals surface area contributed by atoms with Gasteiger partial charge in [0.1, 0.15) is 18.5 Å². The van der Waals surface area contributed by atoms with E-state index in [2.05, 4.69) is 0 Å². The Labute approximate surface area is 190 Å². The summed E-state index contributed by atoms with van der Waals surface area (Å²) < 4.78 is 33.6. The molecule has 7 nitrogen and oxygen atoms in total. The van der Waals surface area contributed by atoms with E-state index in [1.165, 1.54) is 11.2 Å². The van der Waals surface area contributed by atoms with Gasteiger partial charge < -0.3 is 9.84 Å². The van der Waals surface area contributed by atoms with Gasteiger partial charge in [-0.25, -0.2) is 8.42 Å². The number of Topliss-reactive ketones (excluding diaryl/α,β-unsaturated/α-hetero) is 1. The zero-order chi connectivity index (χ0) is 23.5. The molecule has 0 aromatic heterocycles. The maximum atomic E-state index is 13.2. The van der Waals surface area contributed by atoms with Crippen molar-refractivity contribution in [2.24, 2.45) is 0 Å². The Kier molecular flexibility index (Phi) is 7.71. The predicted octanol–water partition coefficient (Wildman–Crippen LogP) is 2.56. The van der Waals surface area contributed by atoms with Crippen LogP contribution in [0.25, 0.3) is 0 Å². The molecule has 0 aliphatic carbocycles. The summed E-state index contributed by atoms with van der Waals surface area (Å²) in [5.74, 6) is 0.583. The van der Waals surface area contributed by atoms with E-state index in [9.17, 15) is 18.3 Å². The third-order valence-electron chi connectivity index (χ3n) is 5.71. The molecule has 1 aliphatic rings. The van der Waals surface area contributed by atoms with E-state index in [1.807, 2.05) is 37.8 Å². The van der Waals surface area contributed by atoms with Gasteiger partial charge in [-0.1, -0.05) is 17.7 Å². The molecule has 0 radical (unpaired) electrons. The summed E-state index contributed by atoms with van der Waals surface area (Å²) in [5.41, 5.74) is 3.21. The third kappa shape index (κ3) is 5.75. The maximum Gasteiger partial charge on any atom is 0.243 e. The van der Waals surface area contributed by atoms with E-state index in [0.717, 1.165) is 16.7 Å². The summed E-state index contributed by atoms with van der Waals surface area (Å²) in [6, 6.07) is 10.6. The van der Waals surface area contributed by atoms with Gasteiger partial charge in [-0.3, -0.25) is 9.69 Å². The third-order valence-corrected chi connectivity index (χ3v) is 7.91. The SMILES string of the molecule is CC(=O)c1ccc(OC[C@@H](O)CN2CCN(S(=O)(=O)c3c(C)cc(C)cc3C)CC2)cc1. The Balaban J connectivity index is 1.51. The first-order chi connectivity index (χ1) is 15.1. The van der Waals surface area contributed by atoms with Crippen molar-refractivity contribution in [3.05, 3.63) is 58.7 Å². The van der Waals surface area contributed by atoms with Crippen molar-refractivity contribution in [1.82, 2.24) is 9.21 Å². The monoisotopic (exact) mass is 460 g/mol. The van der Waals surface area contributed by atoms with Gasteiger partial charge in [-0.05, 0) is 63.1 Å². The van der Waals surface area contributed by atoms with Crippen molar-refractivity contribution >= 4 is 15.8 Å². The molecule has 1 fully saturated rings. The Morgan fingerprint density at radius 1 is 1.03 bits per heavy atom. The molecule has 0 saturated carbocycles. The van der Waals surface area contributed by atoms with Gasteiger partial charge in [0.25, 0.3) is 0 Å². The molecule has 0 amide bonds. The van der Waals surface area contributed by atoms with Crippen LogP contribution in [0, 0.1) is 20.8 Å². The van der Waals surface area contributed by atoms with Crippen LogP contribution in [0.1, 0.15) is 34.0 Å². The smallest absolute Gasteiger partial charge is 0.243 e. The lowest BCUT2D eigenvalue weighted by Gasteiger charge is -2.35. The van der Waals surface area contributed by atoms with Crippen molar-refractivity contribution in [3.8, 4) is 5.75 Å². The second-order valence-electron chi connectivity index (χ2n) is 8.48. The average Bonchev–Trinajstić information content (AvgIpc) is 2.72. The summed E-state index contributed by atoms with van der Waals surface area (Å²) >= 11 is 0.